The lowest BCUT2D eigenvalue weighted by Gasteiger charge is -2.27. The van der Waals surface area contributed by atoms with Gasteiger partial charge in [-0.05, 0) is 37.5 Å². The summed E-state index contributed by atoms with van der Waals surface area (Å²) in [6.45, 7) is 6.08. The zero-order valence-electron chi connectivity index (χ0n) is 18.6. The molecule has 3 atom stereocenters. The van der Waals surface area contributed by atoms with Crippen molar-refractivity contribution in [3.63, 3.8) is 0 Å². The Balaban J connectivity index is 1.63. The molecule has 2 heterocycles. The van der Waals surface area contributed by atoms with Crippen LogP contribution in [0.15, 0.2) is 6.20 Å². The van der Waals surface area contributed by atoms with Gasteiger partial charge in [-0.25, -0.2) is 14.3 Å². The molecular formula is C20H33N5O6. The summed E-state index contributed by atoms with van der Waals surface area (Å²) in [7, 11) is 1.38. The third-order valence-electron chi connectivity index (χ3n) is 5.21. The smallest absolute Gasteiger partial charge is 0.407 e. The number of rotatable bonds is 10. The summed E-state index contributed by atoms with van der Waals surface area (Å²) in [5.74, 6) is -1.36. The molecule has 0 radical (unpaired) electrons. The molecule has 11 nitrogen and oxygen atoms in total. The first kappa shape index (κ1) is 24.6. The van der Waals surface area contributed by atoms with Crippen molar-refractivity contribution < 1.29 is 29.0 Å². The van der Waals surface area contributed by atoms with E-state index in [1.807, 2.05) is 6.20 Å². The topological polar surface area (TPSA) is 145 Å². The number of esters is 1. The zero-order valence-corrected chi connectivity index (χ0v) is 18.6. The molecule has 0 unspecified atom stereocenters. The van der Waals surface area contributed by atoms with Crippen molar-refractivity contribution in [3.05, 3.63) is 11.9 Å². The molecule has 1 fully saturated rings. The van der Waals surface area contributed by atoms with E-state index in [0.29, 0.717) is 19.4 Å². The number of aliphatic carboxylic acids is 1. The number of aromatic nitrogens is 3. The van der Waals surface area contributed by atoms with Crippen molar-refractivity contribution in [2.24, 2.45) is 5.41 Å². The molecule has 11 heteroatoms. The van der Waals surface area contributed by atoms with Gasteiger partial charge < -0.3 is 25.2 Å². The number of nitrogens with zero attached hydrogens (tertiary/aromatic N) is 3. The van der Waals surface area contributed by atoms with Gasteiger partial charge in [-0.1, -0.05) is 26.0 Å². The highest BCUT2D eigenvalue weighted by atomic mass is 16.5. The van der Waals surface area contributed by atoms with Crippen LogP contribution in [0, 0.1) is 5.41 Å². The number of hydrogen-bond acceptors (Lipinski definition) is 8. The van der Waals surface area contributed by atoms with E-state index in [1.54, 1.807) is 25.5 Å². The second kappa shape index (κ2) is 11.1. The maximum Gasteiger partial charge on any atom is 0.407 e. The van der Waals surface area contributed by atoms with Gasteiger partial charge in [-0.15, -0.1) is 5.10 Å². The first-order valence-corrected chi connectivity index (χ1v) is 10.5. The maximum atomic E-state index is 11.8. The number of unbranched alkanes of at least 4 members (excludes halogenated alkanes) is 2. The molecule has 0 bridgehead atoms. The predicted octanol–water partition coefficient (Wildman–Crippen LogP) is 1.29. The van der Waals surface area contributed by atoms with Gasteiger partial charge in [0.2, 0.25) is 0 Å². The molecule has 0 saturated carbocycles. The van der Waals surface area contributed by atoms with Gasteiger partial charge in [0.25, 0.3) is 0 Å². The number of ether oxygens (including phenoxy) is 2. The highest BCUT2D eigenvalue weighted by Crippen LogP contribution is 2.20. The Morgan fingerprint density at radius 1 is 1.32 bits per heavy atom. The molecule has 1 aromatic heterocycles. The predicted molar refractivity (Wildman–Crippen MR) is 110 cm³/mol. The van der Waals surface area contributed by atoms with Crippen LogP contribution in [0.1, 0.15) is 58.2 Å². The van der Waals surface area contributed by atoms with E-state index in [1.165, 1.54) is 7.11 Å². The fourth-order valence-corrected chi connectivity index (χ4v) is 3.40. The number of carboxylic acids is 1. The zero-order chi connectivity index (χ0) is 23.0. The number of carbonyl (C=O) groups excluding carboxylic acids is 2. The molecule has 31 heavy (non-hydrogen) atoms. The SMILES string of the molecule is COC(=O)[C@@H]1C[C@@H](n2cc(CCCCCOC(=O)N[C@H](C(=O)O)C(C)(C)C)nn2)CN1. The van der Waals surface area contributed by atoms with Gasteiger partial charge in [0.1, 0.15) is 12.1 Å². The van der Waals surface area contributed by atoms with Crippen LogP contribution in [0.4, 0.5) is 4.79 Å². The van der Waals surface area contributed by atoms with Crippen molar-refractivity contribution >= 4 is 18.0 Å². The van der Waals surface area contributed by atoms with Crippen LogP contribution in [0.5, 0.6) is 0 Å². The minimum Gasteiger partial charge on any atom is -0.480 e. The molecule has 0 spiro atoms. The Morgan fingerprint density at radius 2 is 2.06 bits per heavy atom. The van der Waals surface area contributed by atoms with Crippen molar-refractivity contribution in [1.82, 2.24) is 25.6 Å². The van der Waals surface area contributed by atoms with E-state index >= 15 is 0 Å². The standard InChI is InChI=1S/C20H33N5O6/c1-20(2,3)16(17(26)27)22-19(29)31-9-7-5-6-8-13-12-25(24-23-13)14-10-15(21-11-14)18(28)30-4/h12,14-16,21H,5-11H2,1-4H3,(H,22,29)(H,26,27)/t14-,15+,16-/m1/s1. The number of hydrogen-bond donors (Lipinski definition) is 3. The van der Waals surface area contributed by atoms with Crippen LogP contribution in [0.2, 0.25) is 0 Å². The Labute approximate surface area is 181 Å². The van der Waals surface area contributed by atoms with Gasteiger partial charge in [0.05, 0.1) is 25.5 Å². The van der Waals surface area contributed by atoms with Crippen molar-refractivity contribution in [2.45, 2.75) is 71.0 Å². The summed E-state index contributed by atoms with van der Waals surface area (Å²) in [5.41, 5.74) is 0.256. The third-order valence-corrected chi connectivity index (χ3v) is 5.21. The van der Waals surface area contributed by atoms with Gasteiger partial charge >= 0.3 is 18.0 Å². The maximum absolute atomic E-state index is 11.8. The molecule has 0 aromatic carbocycles. The third kappa shape index (κ3) is 7.50. The van der Waals surface area contributed by atoms with Crippen LogP contribution in [0.25, 0.3) is 0 Å². The Morgan fingerprint density at radius 3 is 2.71 bits per heavy atom. The normalized spacial score (nSPS) is 19.6. The van der Waals surface area contributed by atoms with Crippen molar-refractivity contribution in [3.8, 4) is 0 Å². The second-order valence-corrected chi connectivity index (χ2v) is 8.79. The molecule has 1 saturated heterocycles. The summed E-state index contributed by atoms with van der Waals surface area (Å²) in [6.07, 6.45) is 4.90. The van der Waals surface area contributed by atoms with Gasteiger partial charge in [-0.2, -0.15) is 0 Å². The van der Waals surface area contributed by atoms with Crippen LogP contribution >= 0.6 is 0 Å². The first-order chi connectivity index (χ1) is 14.6. The minimum atomic E-state index is -1.09. The summed E-state index contributed by atoms with van der Waals surface area (Å²) in [4.78, 5) is 34.7. The van der Waals surface area contributed by atoms with E-state index in [-0.39, 0.29) is 24.7 Å². The largest absolute Gasteiger partial charge is 0.480 e. The summed E-state index contributed by atoms with van der Waals surface area (Å²) in [6, 6.07) is -1.26. The molecular weight excluding hydrogens is 406 g/mol. The van der Waals surface area contributed by atoms with Gasteiger partial charge in [0.15, 0.2) is 0 Å². The fraction of sp³-hybridized carbons (Fsp3) is 0.750. The monoisotopic (exact) mass is 439 g/mol. The lowest BCUT2D eigenvalue weighted by molar-refractivity contribution is -0.143. The lowest BCUT2D eigenvalue weighted by Crippen LogP contribution is -2.49. The number of aryl methyl sites for hydroxylation is 1. The second-order valence-electron chi connectivity index (χ2n) is 8.79. The highest BCUT2D eigenvalue weighted by Gasteiger charge is 2.33. The summed E-state index contributed by atoms with van der Waals surface area (Å²) >= 11 is 0. The van der Waals surface area contributed by atoms with Crippen LogP contribution in [-0.2, 0) is 25.5 Å². The fourth-order valence-electron chi connectivity index (χ4n) is 3.40. The number of carboxylic acid groups (broad SMARTS) is 1. The molecule has 174 valence electrons. The number of carbonyl (C=O) groups is 3. The molecule has 1 aromatic rings. The average Bonchev–Trinajstić information content (AvgIpc) is 3.36. The van der Waals surface area contributed by atoms with Crippen LogP contribution < -0.4 is 10.6 Å². The quantitative estimate of drug-likeness (QED) is 0.363. The van der Waals surface area contributed by atoms with E-state index in [9.17, 15) is 19.5 Å². The molecule has 1 aliphatic heterocycles. The van der Waals surface area contributed by atoms with E-state index in [2.05, 4.69) is 20.9 Å². The molecule has 1 aliphatic rings. The number of amides is 1. The summed E-state index contributed by atoms with van der Waals surface area (Å²) < 4.78 is 11.6. The minimum absolute atomic E-state index is 0.0694. The first-order valence-electron chi connectivity index (χ1n) is 10.5. The van der Waals surface area contributed by atoms with E-state index < -0.39 is 23.5 Å². The Bertz CT molecular complexity index is 759. The van der Waals surface area contributed by atoms with Gasteiger partial charge in [-0.3, -0.25) is 4.79 Å². The van der Waals surface area contributed by atoms with Crippen molar-refractivity contribution in [2.75, 3.05) is 20.3 Å². The average molecular weight is 440 g/mol. The van der Waals surface area contributed by atoms with E-state index in [4.69, 9.17) is 9.47 Å². The van der Waals surface area contributed by atoms with Crippen LogP contribution in [-0.4, -0.2) is 70.5 Å². The molecule has 1 amide bonds. The Hall–Kier alpha value is -2.69. The highest BCUT2D eigenvalue weighted by molar-refractivity contribution is 5.80. The molecule has 0 aliphatic carbocycles. The summed E-state index contributed by atoms with van der Waals surface area (Å²) in [5, 5.41) is 23.1. The molecule has 3 N–H and O–H groups in total. The van der Waals surface area contributed by atoms with Gasteiger partial charge in [0, 0.05) is 12.7 Å². The van der Waals surface area contributed by atoms with E-state index in [0.717, 1.165) is 25.0 Å². The Kier molecular flexibility index (Phi) is 8.78. The molecule has 2 rings (SSSR count). The lowest BCUT2D eigenvalue weighted by atomic mass is 9.87. The number of alkyl carbamates (subject to hydrolysis) is 1. The van der Waals surface area contributed by atoms with Crippen molar-refractivity contribution in [1.29, 1.82) is 0 Å². The van der Waals surface area contributed by atoms with Crippen LogP contribution in [0.3, 0.4) is 0 Å². The number of nitrogens with one attached hydrogen (secondary N) is 2. The number of methoxy groups -OCH3 is 1.